The summed E-state index contributed by atoms with van der Waals surface area (Å²) in [7, 11) is 0. The molecule has 5 rings (SSSR count). The van der Waals surface area contributed by atoms with Crippen molar-refractivity contribution in [3.05, 3.63) is 71.4 Å². The van der Waals surface area contributed by atoms with Crippen molar-refractivity contribution in [3.8, 4) is 5.82 Å². The van der Waals surface area contributed by atoms with E-state index < -0.39 is 5.82 Å². The SMILES string of the molecule is Cc1cc(Nc2cc(C)[nH]n2)nc([C@H]2CCCN(C(=O)N[C@@H](C)c3ccc(-n4cc(F)cn4)nc3)C2)n1. The molecule has 4 aromatic rings. The minimum Gasteiger partial charge on any atom is -0.331 e. The zero-order chi connectivity index (χ0) is 25.9. The lowest BCUT2D eigenvalue weighted by atomic mass is 9.97. The number of nitrogens with zero attached hydrogens (tertiary/aromatic N) is 7. The topological polar surface area (TPSA) is 130 Å². The highest BCUT2D eigenvalue weighted by atomic mass is 19.1. The molecule has 0 spiro atoms. The number of nitrogens with one attached hydrogen (secondary N) is 3. The predicted octanol–water partition coefficient (Wildman–Crippen LogP) is 3.93. The maximum absolute atomic E-state index is 13.2. The second kappa shape index (κ2) is 10.3. The van der Waals surface area contributed by atoms with E-state index in [0.29, 0.717) is 30.5 Å². The van der Waals surface area contributed by atoms with Gasteiger partial charge in [0.2, 0.25) is 0 Å². The molecule has 2 amide bonds. The third-order valence-corrected chi connectivity index (χ3v) is 6.30. The monoisotopic (exact) mass is 504 g/mol. The molecule has 12 heteroatoms. The average molecular weight is 505 g/mol. The van der Waals surface area contributed by atoms with Crippen LogP contribution in [0, 0.1) is 19.7 Å². The molecule has 0 bridgehead atoms. The molecule has 0 unspecified atom stereocenters. The number of H-pyrrole nitrogens is 1. The standard InChI is InChI=1S/C25H29FN10O/c1-15-9-21(31-22-10-16(2)33-34-22)32-24(29-15)19-5-4-8-35(13-19)25(37)30-17(3)18-6-7-23(27-11-18)36-14-20(26)12-28-36/h6-7,9-12,14,17,19H,4-5,8,13H2,1-3H3,(H,30,37)(H2,29,31,32,33,34)/t17-,19-/m0/s1. The number of carbonyl (C=O) groups is 1. The van der Waals surface area contributed by atoms with Crippen molar-refractivity contribution in [2.24, 2.45) is 0 Å². The van der Waals surface area contributed by atoms with Gasteiger partial charge in [-0.25, -0.2) is 28.8 Å². The first-order valence-corrected chi connectivity index (χ1v) is 12.2. The Labute approximate surface area is 213 Å². The highest BCUT2D eigenvalue weighted by Gasteiger charge is 2.28. The summed E-state index contributed by atoms with van der Waals surface area (Å²) in [5, 5.41) is 17.3. The predicted molar refractivity (Wildman–Crippen MR) is 135 cm³/mol. The van der Waals surface area contributed by atoms with Gasteiger partial charge in [0.25, 0.3) is 0 Å². The van der Waals surface area contributed by atoms with Crippen LogP contribution in [0.25, 0.3) is 5.82 Å². The van der Waals surface area contributed by atoms with Gasteiger partial charge in [0.05, 0.1) is 18.4 Å². The summed E-state index contributed by atoms with van der Waals surface area (Å²) in [6.45, 7) is 6.98. The summed E-state index contributed by atoms with van der Waals surface area (Å²) in [6.07, 6.45) is 5.82. The molecule has 192 valence electrons. The van der Waals surface area contributed by atoms with Gasteiger partial charge in [-0.15, -0.1) is 0 Å². The van der Waals surface area contributed by atoms with E-state index in [-0.39, 0.29) is 18.0 Å². The molecule has 5 heterocycles. The van der Waals surface area contributed by atoms with Crippen molar-refractivity contribution in [2.45, 2.75) is 45.6 Å². The number of piperidine rings is 1. The van der Waals surface area contributed by atoms with Crippen molar-refractivity contribution in [3.63, 3.8) is 0 Å². The lowest BCUT2D eigenvalue weighted by molar-refractivity contribution is 0.175. The van der Waals surface area contributed by atoms with Crippen LogP contribution >= 0.6 is 0 Å². The van der Waals surface area contributed by atoms with E-state index in [1.165, 1.54) is 10.9 Å². The second-order valence-electron chi connectivity index (χ2n) is 9.32. The normalized spacial score (nSPS) is 16.4. The number of amides is 2. The van der Waals surface area contributed by atoms with Gasteiger partial charge < -0.3 is 15.5 Å². The van der Waals surface area contributed by atoms with Gasteiger partial charge >= 0.3 is 6.03 Å². The lowest BCUT2D eigenvalue weighted by Gasteiger charge is -2.33. The minimum absolute atomic E-state index is 0.0339. The van der Waals surface area contributed by atoms with E-state index >= 15 is 0 Å². The number of hydrogen-bond donors (Lipinski definition) is 3. The molecule has 0 aliphatic carbocycles. The molecule has 1 aliphatic rings. The van der Waals surface area contributed by atoms with Gasteiger partial charge in [0, 0.05) is 48.7 Å². The molecule has 1 fully saturated rings. The molecule has 0 saturated carbocycles. The Morgan fingerprint density at radius 3 is 2.76 bits per heavy atom. The van der Waals surface area contributed by atoms with Gasteiger partial charge in [-0.2, -0.15) is 10.2 Å². The van der Waals surface area contributed by atoms with Gasteiger partial charge in [0.1, 0.15) is 11.6 Å². The highest BCUT2D eigenvalue weighted by Crippen LogP contribution is 2.27. The van der Waals surface area contributed by atoms with Crippen molar-refractivity contribution < 1.29 is 9.18 Å². The van der Waals surface area contributed by atoms with Crippen LogP contribution in [0.3, 0.4) is 0 Å². The van der Waals surface area contributed by atoms with Crippen LogP contribution in [-0.4, -0.2) is 59.0 Å². The fraction of sp³-hybridized carbons (Fsp3) is 0.360. The minimum atomic E-state index is -0.428. The van der Waals surface area contributed by atoms with Crippen LogP contribution in [0.15, 0.2) is 42.9 Å². The van der Waals surface area contributed by atoms with Gasteiger partial charge in [0.15, 0.2) is 17.5 Å². The van der Waals surface area contributed by atoms with E-state index in [1.807, 2.05) is 43.9 Å². The first-order chi connectivity index (χ1) is 17.8. The van der Waals surface area contributed by atoms with Crippen molar-refractivity contribution >= 4 is 17.7 Å². The number of pyridine rings is 1. The molecule has 11 nitrogen and oxygen atoms in total. The number of rotatable bonds is 6. The molecular weight excluding hydrogens is 475 g/mol. The summed E-state index contributed by atoms with van der Waals surface area (Å²) in [5.74, 6) is 2.20. The quantitative estimate of drug-likeness (QED) is 0.363. The van der Waals surface area contributed by atoms with E-state index in [1.54, 1.807) is 12.3 Å². The molecule has 1 aliphatic heterocycles. The number of urea groups is 1. The average Bonchev–Trinajstić information content (AvgIpc) is 3.51. The van der Waals surface area contributed by atoms with Gasteiger partial charge in [-0.3, -0.25) is 5.10 Å². The largest absolute Gasteiger partial charge is 0.331 e. The van der Waals surface area contributed by atoms with Crippen LogP contribution in [-0.2, 0) is 0 Å². The van der Waals surface area contributed by atoms with Crippen LogP contribution in [0.1, 0.15) is 54.5 Å². The molecular formula is C25H29FN10O. The number of carbonyl (C=O) groups excluding carboxylic acids is 1. The van der Waals surface area contributed by atoms with Crippen LogP contribution in [0.5, 0.6) is 0 Å². The van der Waals surface area contributed by atoms with Crippen LogP contribution < -0.4 is 10.6 Å². The van der Waals surface area contributed by atoms with E-state index in [0.717, 1.165) is 41.8 Å². The molecule has 37 heavy (non-hydrogen) atoms. The number of anilines is 2. The number of halogens is 1. The molecule has 0 aromatic carbocycles. The van der Waals surface area contributed by atoms with E-state index in [4.69, 9.17) is 4.98 Å². The molecule has 1 saturated heterocycles. The zero-order valence-corrected chi connectivity index (χ0v) is 20.9. The van der Waals surface area contributed by atoms with Crippen LogP contribution in [0.4, 0.5) is 20.8 Å². The molecule has 4 aromatic heterocycles. The Hall–Kier alpha value is -4.35. The molecule has 3 N–H and O–H groups in total. The first kappa shape index (κ1) is 24.3. The third-order valence-electron chi connectivity index (χ3n) is 6.30. The summed E-state index contributed by atoms with van der Waals surface area (Å²) < 4.78 is 14.6. The van der Waals surface area contributed by atoms with Crippen molar-refractivity contribution in [1.82, 2.24) is 45.1 Å². The Balaban J connectivity index is 1.22. The maximum atomic E-state index is 13.2. The van der Waals surface area contributed by atoms with Crippen molar-refractivity contribution in [2.75, 3.05) is 18.4 Å². The summed E-state index contributed by atoms with van der Waals surface area (Å²) in [6, 6.07) is 6.98. The van der Waals surface area contributed by atoms with E-state index in [9.17, 15) is 9.18 Å². The number of aromatic amines is 1. The fourth-order valence-corrected chi connectivity index (χ4v) is 4.40. The summed E-state index contributed by atoms with van der Waals surface area (Å²) >= 11 is 0. The summed E-state index contributed by atoms with van der Waals surface area (Å²) in [5.41, 5.74) is 2.64. The van der Waals surface area contributed by atoms with E-state index in [2.05, 4.69) is 35.9 Å². The Bertz CT molecular complexity index is 1380. The Morgan fingerprint density at radius 1 is 1.19 bits per heavy atom. The van der Waals surface area contributed by atoms with Gasteiger partial charge in [-0.05, 0) is 45.2 Å². The lowest BCUT2D eigenvalue weighted by Crippen LogP contribution is -2.45. The van der Waals surface area contributed by atoms with Gasteiger partial charge in [-0.1, -0.05) is 6.07 Å². The molecule has 2 atom stereocenters. The first-order valence-electron chi connectivity index (χ1n) is 12.2. The number of aryl methyl sites for hydroxylation is 2. The van der Waals surface area contributed by atoms with Crippen molar-refractivity contribution in [1.29, 1.82) is 0 Å². The number of hydrogen-bond acceptors (Lipinski definition) is 7. The second-order valence-corrected chi connectivity index (χ2v) is 9.32. The van der Waals surface area contributed by atoms with Crippen LogP contribution in [0.2, 0.25) is 0 Å². The molecule has 0 radical (unpaired) electrons. The Kier molecular flexibility index (Phi) is 6.80. The summed E-state index contributed by atoms with van der Waals surface area (Å²) in [4.78, 5) is 28.6. The smallest absolute Gasteiger partial charge is 0.317 e. The Morgan fingerprint density at radius 2 is 2.05 bits per heavy atom. The highest BCUT2D eigenvalue weighted by molar-refractivity contribution is 5.75. The fourth-order valence-electron chi connectivity index (χ4n) is 4.40. The zero-order valence-electron chi connectivity index (χ0n) is 20.9. The maximum Gasteiger partial charge on any atom is 0.317 e. The third kappa shape index (κ3) is 5.74. The number of likely N-dealkylation sites (tertiary alicyclic amines) is 1. The number of aromatic nitrogens is 7.